The molecule has 0 bridgehead atoms. The molecule has 7 heteroatoms. The van der Waals surface area contributed by atoms with E-state index in [2.05, 4.69) is 23.6 Å². The van der Waals surface area contributed by atoms with Crippen LogP contribution in [0.2, 0.25) is 0 Å². The first kappa shape index (κ1) is 21.7. The Morgan fingerprint density at radius 3 is 2.32 bits per heavy atom. The van der Waals surface area contributed by atoms with Gasteiger partial charge in [0.05, 0.1) is 17.1 Å². The van der Waals surface area contributed by atoms with E-state index in [-0.39, 0.29) is 0 Å². The summed E-state index contributed by atoms with van der Waals surface area (Å²) in [5, 5.41) is 0. The molecule has 1 aromatic carbocycles. The van der Waals surface area contributed by atoms with Crippen LogP contribution in [0.3, 0.4) is 0 Å². The van der Waals surface area contributed by atoms with Gasteiger partial charge >= 0.3 is 0 Å². The van der Waals surface area contributed by atoms with Gasteiger partial charge in [-0.05, 0) is 63.4 Å². The first-order valence-corrected chi connectivity index (χ1v) is 11.8. The standard InChI is InChI=1S/C21H35N3O3S/c1-17-13-24(14-18(2)27-17)15-19-8-10-23(11-9-19)16-20-6-5-7-21(12-20)28(25,26)22(3)4/h5-7,12,17-19H,8-11,13-16H2,1-4H3. The van der Waals surface area contributed by atoms with Crippen molar-refractivity contribution in [3.63, 3.8) is 0 Å². The monoisotopic (exact) mass is 409 g/mol. The lowest BCUT2D eigenvalue weighted by atomic mass is 9.95. The SMILES string of the molecule is CC1CN(CC2CCN(Cc3cccc(S(=O)(=O)N(C)C)c3)CC2)CC(C)O1. The lowest BCUT2D eigenvalue weighted by Gasteiger charge is -2.39. The molecule has 0 saturated carbocycles. The molecule has 0 spiro atoms. The Hall–Kier alpha value is -0.990. The summed E-state index contributed by atoms with van der Waals surface area (Å²) in [5.74, 6) is 0.745. The number of ether oxygens (including phenoxy) is 1. The van der Waals surface area contributed by atoms with Crippen LogP contribution in [0, 0.1) is 5.92 Å². The molecular weight excluding hydrogens is 374 g/mol. The van der Waals surface area contributed by atoms with E-state index < -0.39 is 10.0 Å². The topological polar surface area (TPSA) is 53.1 Å². The summed E-state index contributed by atoms with van der Waals surface area (Å²) in [6.07, 6.45) is 3.06. The average molecular weight is 410 g/mol. The highest BCUT2D eigenvalue weighted by molar-refractivity contribution is 7.89. The highest BCUT2D eigenvalue weighted by Gasteiger charge is 2.27. The maximum absolute atomic E-state index is 12.4. The number of morpholine rings is 1. The van der Waals surface area contributed by atoms with Crippen LogP contribution in [0.5, 0.6) is 0 Å². The Labute approximate surface area is 170 Å². The quantitative estimate of drug-likeness (QED) is 0.721. The molecule has 2 saturated heterocycles. The molecule has 2 aliphatic rings. The Morgan fingerprint density at radius 2 is 1.71 bits per heavy atom. The van der Waals surface area contributed by atoms with Gasteiger partial charge in [0.25, 0.3) is 0 Å². The number of hydrogen-bond acceptors (Lipinski definition) is 5. The molecule has 28 heavy (non-hydrogen) atoms. The van der Waals surface area contributed by atoms with E-state index >= 15 is 0 Å². The molecule has 0 aromatic heterocycles. The molecule has 0 aliphatic carbocycles. The maximum Gasteiger partial charge on any atom is 0.242 e. The summed E-state index contributed by atoms with van der Waals surface area (Å²) < 4.78 is 31.8. The highest BCUT2D eigenvalue weighted by atomic mass is 32.2. The second-order valence-electron chi connectivity index (χ2n) is 8.63. The van der Waals surface area contributed by atoms with Crippen LogP contribution in [-0.4, -0.2) is 81.5 Å². The van der Waals surface area contributed by atoms with Crippen LogP contribution in [0.15, 0.2) is 29.2 Å². The molecule has 3 rings (SSSR count). The van der Waals surface area contributed by atoms with E-state index in [1.807, 2.05) is 18.2 Å². The lowest BCUT2D eigenvalue weighted by molar-refractivity contribution is -0.0732. The summed E-state index contributed by atoms with van der Waals surface area (Å²) in [4.78, 5) is 5.39. The molecule has 2 unspecified atom stereocenters. The van der Waals surface area contributed by atoms with E-state index in [0.717, 1.165) is 44.2 Å². The number of benzene rings is 1. The molecule has 1 aromatic rings. The van der Waals surface area contributed by atoms with E-state index in [0.29, 0.717) is 17.1 Å². The molecule has 2 heterocycles. The minimum atomic E-state index is -3.38. The van der Waals surface area contributed by atoms with Gasteiger partial charge in [-0.3, -0.25) is 9.80 Å². The van der Waals surface area contributed by atoms with Crippen molar-refractivity contribution in [1.82, 2.24) is 14.1 Å². The summed E-state index contributed by atoms with van der Waals surface area (Å²) in [6.45, 7) is 10.5. The van der Waals surface area contributed by atoms with Crippen molar-refractivity contribution >= 4 is 10.0 Å². The van der Waals surface area contributed by atoms with Gasteiger partial charge in [-0.1, -0.05) is 12.1 Å². The molecule has 0 radical (unpaired) electrons. The Morgan fingerprint density at radius 1 is 1.07 bits per heavy atom. The summed E-state index contributed by atoms with van der Waals surface area (Å²) in [5.41, 5.74) is 1.07. The zero-order chi connectivity index (χ0) is 20.3. The fourth-order valence-electron chi connectivity index (χ4n) is 4.40. The molecule has 6 nitrogen and oxygen atoms in total. The second kappa shape index (κ2) is 9.22. The fraction of sp³-hybridized carbons (Fsp3) is 0.714. The van der Waals surface area contributed by atoms with Gasteiger partial charge in [-0.25, -0.2) is 12.7 Å². The van der Waals surface area contributed by atoms with Crippen molar-refractivity contribution in [3.05, 3.63) is 29.8 Å². The summed E-state index contributed by atoms with van der Waals surface area (Å²) in [6, 6.07) is 7.36. The van der Waals surface area contributed by atoms with Crippen LogP contribution in [0.4, 0.5) is 0 Å². The third-order valence-corrected chi connectivity index (χ3v) is 7.61. The number of rotatable bonds is 6. The highest BCUT2D eigenvalue weighted by Crippen LogP contribution is 2.23. The Balaban J connectivity index is 1.51. The van der Waals surface area contributed by atoms with E-state index in [9.17, 15) is 8.42 Å². The first-order chi connectivity index (χ1) is 13.2. The number of likely N-dealkylation sites (tertiary alicyclic amines) is 1. The maximum atomic E-state index is 12.4. The van der Waals surface area contributed by atoms with Gasteiger partial charge in [0, 0.05) is 40.3 Å². The van der Waals surface area contributed by atoms with E-state index in [1.54, 1.807) is 20.2 Å². The third kappa shape index (κ3) is 5.54. The number of piperidine rings is 1. The smallest absolute Gasteiger partial charge is 0.242 e. The van der Waals surface area contributed by atoms with Crippen LogP contribution < -0.4 is 0 Å². The summed E-state index contributed by atoms with van der Waals surface area (Å²) in [7, 11) is -0.231. The van der Waals surface area contributed by atoms with Gasteiger partial charge in [0.2, 0.25) is 10.0 Å². The molecule has 2 fully saturated rings. The zero-order valence-electron chi connectivity index (χ0n) is 17.7. The van der Waals surface area contributed by atoms with Crippen LogP contribution in [0.1, 0.15) is 32.3 Å². The average Bonchev–Trinajstić information content (AvgIpc) is 2.62. The van der Waals surface area contributed by atoms with Crippen molar-refractivity contribution < 1.29 is 13.2 Å². The van der Waals surface area contributed by atoms with Crippen molar-refractivity contribution in [1.29, 1.82) is 0 Å². The Bertz CT molecular complexity index is 735. The molecule has 2 aliphatic heterocycles. The summed E-state index contributed by atoms with van der Waals surface area (Å²) >= 11 is 0. The molecule has 2 atom stereocenters. The number of hydrogen-bond donors (Lipinski definition) is 0. The van der Waals surface area contributed by atoms with Crippen molar-refractivity contribution in [3.8, 4) is 0 Å². The van der Waals surface area contributed by atoms with Gasteiger partial charge < -0.3 is 4.74 Å². The minimum Gasteiger partial charge on any atom is -0.373 e. The normalized spacial score (nSPS) is 26.0. The lowest BCUT2D eigenvalue weighted by Crippen LogP contribution is -2.48. The van der Waals surface area contributed by atoms with E-state index in [4.69, 9.17) is 4.74 Å². The number of nitrogens with zero attached hydrogens (tertiary/aromatic N) is 3. The zero-order valence-corrected chi connectivity index (χ0v) is 18.5. The third-order valence-electron chi connectivity index (χ3n) is 5.80. The van der Waals surface area contributed by atoms with Crippen LogP contribution in [-0.2, 0) is 21.3 Å². The number of sulfonamides is 1. The second-order valence-corrected chi connectivity index (χ2v) is 10.8. The fourth-order valence-corrected chi connectivity index (χ4v) is 5.37. The van der Waals surface area contributed by atoms with Crippen LogP contribution >= 0.6 is 0 Å². The molecule has 0 amide bonds. The van der Waals surface area contributed by atoms with Crippen LogP contribution in [0.25, 0.3) is 0 Å². The first-order valence-electron chi connectivity index (χ1n) is 10.4. The predicted molar refractivity (Wildman–Crippen MR) is 112 cm³/mol. The van der Waals surface area contributed by atoms with Gasteiger partial charge in [0.1, 0.15) is 0 Å². The van der Waals surface area contributed by atoms with Crippen molar-refractivity contribution in [2.75, 3.05) is 46.8 Å². The van der Waals surface area contributed by atoms with Gasteiger partial charge in [-0.2, -0.15) is 0 Å². The molecule has 158 valence electrons. The molecular formula is C21H35N3O3S. The van der Waals surface area contributed by atoms with Gasteiger partial charge in [0.15, 0.2) is 0 Å². The van der Waals surface area contributed by atoms with Crippen molar-refractivity contribution in [2.24, 2.45) is 5.92 Å². The van der Waals surface area contributed by atoms with Crippen molar-refractivity contribution in [2.45, 2.75) is 50.3 Å². The largest absolute Gasteiger partial charge is 0.373 e. The predicted octanol–water partition coefficient (Wildman–Crippen LogP) is 2.26. The molecule has 0 N–H and O–H groups in total. The van der Waals surface area contributed by atoms with Gasteiger partial charge in [-0.15, -0.1) is 0 Å². The van der Waals surface area contributed by atoms with E-state index in [1.165, 1.54) is 23.7 Å². The minimum absolute atomic E-state index is 0.328. The Kier molecular flexibility index (Phi) is 7.15.